The molecule has 6 aliphatic carbocycles. The topological polar surface area (TPSA) is 0 Å². The fourth-order valence-electron chi connectivity index (χ4n) is 6.47. The fourth-order valence-corrected chi connectivity index (χ4v) is 6.77. The lowest BCUT2D eigenvalue weighted by Gasteiger charge is -2.50. The van der Waals surface area contributed by atoms with Gasteiger partial charge in [0.15, 0.2) is 0 Å². The number of halogens is 1. The van der Waals surface area contributed by atoms with Crippen molar-refractivity contribution in [2.75, 3.05) is 0 Å². The van der Waals surface area contributed by atoms with E-state index in [1.54, 1.807) is 0 Å². The Morgan fingerprint density at radius 2 is 0.724 bits per heavy atom. The van der Waals surface area contributed by atoms with E-state index in [1.807, 2.05) is 0 Å². The Morgan fingerprint density at radius 3 is 1.21 bits per heavy atom. The molecule has 4 bridgehead atoms. The van der Waals surface area contributed by atoms with Gasteiger partial charge in [0, 0.05) is 28.7 Å². The molecule has 2 unspecified atom stereocenters. The van der Waals surface area contributed by atoms with Crippen LogP contribution in [0.25, 0.3) is 0 Å². The van der Waals surface area contributed by atoms with Gasteiger partial charge in [-0.05, 0) is 50.6 Å². The summed E-state index contributed by atoms with van der Waals surface area (Å²) in [5.74, 6) is 1.15. The van der Waals surface area contributed by atoms with Crippen LogP contribution in [0.1, 0.15) is 68.2 Å². The summed E-state index contributed by atoms with van der Waals surface area (Å²) in [6, 6.07) is 33.8. The third kappa shape index (κ3) is 1.91. The number of hydrogen-bond donors (Lipinski definition) is 0. The van der Waals surface area contributed by atoms with Crippen LogP contribution in [0.15, 0.2) is 91.0 Å². The largest absolute Gasteiger partial charge is 0.0840 e. The number of benzene rings is 4. The molecule has 10 rings (SSSR count). The Morgan fingerprint density at radius 1 is 0.379 bits per heavy atom. The van der Waals surface area contributed by atoms with Crippen molar-refractivity contribution in [2.45, 2.75) is 23.7 Å². The molecular formula is C28H19Cl. The zero-order chi connectivity index (χ0) is 19.1. The summed E-state index contributed by atoms with van der Waals surface area (Å²) < 4.78 is 0. The van der Waals surface area contributed by atoms with Gasteiger partial charge in [-0.1, -0.05) is 96.5 Å². The van der Waals surface area contributed by atoms with Gasteiger partial charge in [-0.2, -0.15) is 0 Å². The maximum atomic E-state index is 6.92. The molecule has 0 spiro atoms. The molecule has 0 radical (unpaired) electrons. The highest BCUT2D eigenvalue weighted by Gasteiger charge is 2.49. The molecule has 0 saturated carbocycles. The zero-order valence-electron chi connectivity index (χ0n) is 15.8. The summed E-state index contributed by atoms with van der Waals surface area (Å²) in [7, 11) is 0. The summed E-state index contributed by atoms with van der Waals surface area (Å²) in [6.07, 6.45) is 0. The Bertz CT molecular complexity index is 1250. The maximum Gasteiger partial charge on any atom is 0.0447 e. The van der Waals surface area contributed by atoms with Gasteiger partial charge < -0.3 is 0 Å². The van der Waals surface area contributed by atoms with Gasteiger partial charge in [0.1, 0.15) is 0 Å². The Labute approximate surface area is 175 Å². The first-order valence-corrected chi connectivity index (χ1v) is 10.8. The predicted molar refractivity (Wildman–Crippen MR) is 118 cm³/mol. The van der Waals surface area contributed by atoms with Crippen molar-refractivity contribution in [3.63, 3.8) is 0 Å². The van der Waals surface area contributed by atoms with E-state index in [9.17, 15) is 0 Å². The summed E-state index contributed by atoms with van der Waals surface area (Å²) >= 11 is 6.92. The molecule has 4 aromatic rings. The second-order valence-electron chi connectivity index (χ2n) is 8.54. The predicted octanol–water partition coefficient (Wildman–Crippen LogP) is 7.21. The summed E-state index contributed by atoms with van der Waals surface area (Å²) in [6.45, 7) is 0. The van der Waals surface area contributed by atoms with Gasteiger partial charge in [0.25, 0.3) is 0 Å². The van der Waals surface area contributed by atoms with Crippen LogP contribution < -0.4 is 0 Å². The van der Waals surface area contributed by atoms with Gasteiger partial charge in [-0.3, -0.25) is 0 Å². The molecule has 0 nitrogen and oxygen atoms in total. The van der Waals surface area contributed by atoms with Gasteiger partial charge in [-0.15, -0.1) is 0 Å². The standard InChI is InChI=1S/C28H19Cl/c29-23-15-7-14-22-26-20-12-5-6-13-21(20)28(27(22)23)25-18-10-3-1-8-16(18)24(26)17-9-2-4-11-19(17)25/h1-15,24-26,28H. The van der Waals surface area contributed by atoms with Gasteiger partial charge in [-0.25, -0.2) is 0 Å². The minimum Gasteiger partial charge on any atom is -0.0840 e. The van der Waals surface area contributed by atoms with Crippen LogP contribution in [0, 0.1) is 0 Å². The summed E-state index contributed by atoms with van der Waals surface area (Å²) in [5.41, 5.74) is 11.6. The smallest absolute Gasteiger partial charge is 0.0447 e. The van der Waals surface area contributed by atoms with Crippen LogP contribution in [0.3, 0.4) is 0 Å². The van der Waals surface area contributed by atoms with Crippen molar-refractivity contribution in [1.29, 1.82) is 0 Å². The first kappa shape index (κ1) is 16.0. The highest BCUT2D eigenvalue weighted by Crippen LogP contribution is 2.64. The molecule has 6 aliphatic rings. The van der Waals surface area contributed by atoms with Crippen LogP contribution in [0.2, 0.25) is 5.02 Å². The molecule has 0 fully saturated rings. The van der Waals surface area contributed by atoms with E-state index in [-0.39, 0.29) is 5.92 Å². The van der Waals surface area contributed by atoms with Crippen LogP contribution in [0.5, 0.6) is 0 Å². The Hall–Kier alpha value is -2.83. The molecule has 2 atom stereocenters. The van der Waals surface area contributed by atoms with Crippen LogP contribution >= 0.6 is 11.6 Å². The molecule has 0 amide bonds. The lowest BCUT2D eigenvalue weighted by molar-refractivity contribution is 0.529. The Kier molecular flexibility index (Phi) is 3.10. The minimum atomic E-state index is 0.245. The minimum absolute atomic E-state index is 0.245. The number of rotatable bonds is 0. The molecular weight excluding hydrogens is 372 g/mol. The van der Waals surface area contributed by atoms with Gasteiger partial charge in [0.05, 0.1) is 0 Å². The molecule has 0 aromatic heterocycles. The monoisotopic (exact) mass is 390 g/mol. The zero-order valence-corrected chi connectivity index (χ0v) is 16.6. The second kappa shape index (κ2) is 5.62. The van der Waals surface area contributed by atoms with Crippen LogP contribution in [-0.4, -0.2) is 0 Å². The lowest BCUT2D eigenvalue weighted by atomic mass is 9.53. The van der Waals surface area contributed by atoms with Gasteiger partial charge in [0.2, 0.25) is 0 Å². The highest BCUT2D eigenvalue weighted by molar-refractivity contribution is 6.31. The Balaban J connectivity index is 1.70. The van der Waals surface area contributed by atoms with E-state index in [0.717, 1.165) is 5.02 Å². The third-order valence-electron chi connectivity index (χ3n) is 7.40. The van der Waals surface area contributed by atoms with Crippen molar-refractivity contribution in [2.24, 2.45) is 0 Å². The van der Waals surface area contributed by atoms with E-state index in [0.29, 0.717) is 17.8 Å². The normalized spacial score (nSPS) is 24.7. The molecule has 0 N–H and O–H groups in total. The fraction of sp³-hybridized carbons (Fsp3) is 0.143. The molecule has 4 aromatic carbocycles. The van der Waals surface area contributed by atoms with Crippen molar-refractivity contribution in [3.8, 4) is 0 Å². The molecule has 0 saturated heterocycles. The molecule has 1 heteroatoms. The van der Waals surface area contributed by atoms with Gasteiger partial charge >= 0.3 is 0 Å². The van der Waals surface area contributed by atoms with E-state index < -0.39 is 0 Å². The maximum absolute atomic E-state index is 6.92. The average molecular weight is 391 g/mol. The molecule has 29 heavy (non-hydrogen) atoms. The second-order valence-corrected chi connectivity index (χ2v) is 8.95. The summed E-state index contributed by atoms with van der Waals surface area (Å²) in [5, 5.41) is 0.912. The summed E-state index contributed by atoms with van der Waals surface area (Å²) in [4.78, 5) is 0. The van der Waals surface area contributed by atoms with Crippen molar-refractivity contribution in [1.82, 2.24) is 0 Å². The lowest BCUT2D eigenvalue weighted by Crippen LogP contribution is -2.35. The molecule has 138 valence electrons. The van der Waals surface area contributed by atoms with E-state index in [1.165, 1.54) is 44.5 Å². The first-order chi connectivity index (χ1) is 14.3. The quantitative estimate of drug-likeness (QED) is 0.297. The molecule has 0 aliphatic heterocycles. The van der Waals surface area contributed by atoms with Crippen molar-refractivity contribution < 1.29 is 0 Å². The van der Waals surface area contributed by atoms with Crippen molar-refractivity contribution in [3.05, 3.63) is 141 Å². The van der Waals surface area contributed by atoms with Crippen LogP contribution in [0.4, 0.5) is 0 Å². The SMILES string of the molecule is Clc1cccc2c1C1c3ccccc3C2C2c3ccccc3C1c1ccccc12. The van der Waals surface area contributed by atoms with Crippen LogP contribution in [-0.2, 0) is 0 Å². The van der Waals surface area contributed by atoms with E-state index in [2.05, 4.69) is 91.0 Å². The average Bonchev–Trinajstić information content (AvgIpc) is 2.75. The third-order valence-corrected chi connectivity index (χ3v) is 7.73. The van der Waals surface area contributed by atoms with E-state index in [4.69, 9.17) is 11.6 Å². The number of hydrogen-bond acceptors (Lipinski definition) is 0. The van der Waals surface area contributed by atoms with Crippen molar-refractivity contribution >= 4 is 11.6 Å². The molecule has 0 heterocycles. The van der Waals surface area contributed by atoms with E-state index >= 15 is 0 Å². The first-order valence-electron chi connectivity index (χ1n) is 10.4. The highest BCUT2D eigenvalue weighted by atomic mass is 35.5.